The minimum atomic E-state index is -0.163. The van der Waals surface area contributed by atoms with Gasteiger partial charge in [-0.2, -0.15) is 0 Å². The van der Waals surface area contributed by atoms with Gasteiger partial charge in [0.25, 0.3) is 5.91 Å². The van der Waals surface area contributed by atoms with Gasteiger partial charge in [-0.1, -0.05) is 37.1 Å². The smallest absolute Gasteiger partial charge is 0.251 e. The third-order valence-corrected chi connectivity index (χ3v) is 3.73. The van der Waals surface area contributed by atoms with Crippen molar-refractivity contribution in [3.05, 3.63) is 59.7 Å². The summed E-state index contributed by atoms with van der Waals surface area (Å²) in [5.74, 6) is -0.286. The van der Waals surface area contributed by atoms with E-state index in [1.165, 1.54) is 5.56 Å². The lowest BCUT2D eigenvalue weighted by molar-refractivity contribution is -0.114. The van der Waals surface area contributed by atoms with Crippen LogP contribution in [0.3, 0.4) is 0 Å². The quantitative estimate of drug-likeness (QED) is 0.644. The summed E-state index contributed by atoms with van der Waals surface area (Å²) in [7, 11) is 0. The van der Waals surface area contributed by atoms with E-state index >= 15 is 0 Å². The number of benzene rings is 2. The molecule has 0 radical (unpaired) electrons. The van der Waals surface area contributed by atoms with E-state index in [9.17, 15) is 9.59 Å². The second-order valence-corrected chi connectivity index (χ2v) is 5.96. The average molecular weight is 339 g/mol. The molecule has 0 spiro atoms. The molecule has 0 saturated carbocycles. The summed E-state index contributed by atoms with van der Waals surface area (Å²) in [6.45, 7) is 4.91. The topological polar surface area (TPSA) is 70.2 Å². The number of rotatable bonds is 8. The predicted octanol–water partition coefficient (Wildman–Crippen LogP) is 3.58. The molecular formula is C20H25N3O2. The van der Waals surface area contributed by atoms with Crippen molar-refractivity contribution in [3.63, 3.8) is 0 Å². The first kappa shape index (κ1) is 18.5. The van der Waals surface area contributed by atoms with Crippen LogP contribution in [0, 0.1) is 6.92 Å². The van der Waals surface area contributed by atoms with Gasteiger partial charge in [-0.25, -0.2) is 0 Å². The first-order valence-electron chi connectivity index (χ1n) is 8.57. The highest BCUT2D eigenvalue weighted by Gasteiger charge is 2.07. The highest BCUT2D eigenvalue weighted by Crippen LogP contribution is 2.11. The van der Waals surface area contributed by atoms with E-state index < -0.39 is 0 Å². The summed E-state index contributed by atoms with van der Waals surface area (Å²) in [6.07, 6.45) is 1.98. The van der Waals surface area contributed by atoms with Crippen molar-refractivity contribution in [1.82, 2.24) is 5.32 Å². The van der Waals surface area contributed by atoms with Crippen LogP contribution in [0.4, 0.5) is 11.4 Å². The molecule has 0 aliphatic rings. The van der Waals surface area contributed by atoms with Crippen LogP contribution < -0.4 is 16.0 Å². The second-order valence-electron chi connectivity index (χ2n) is 5.96. The van der Waals surface area contributed by atoms with Crippen molar-refractivity contribution in [3.8, 4) is 0 Å². The Balaban J connectivity index is 1.86. The fraction of sp³-hybridized carbons (Fsp3) is 0.300. The number of hydrogen-bond acceptors (Lipinski definition) is 3. The minimum Gasteiger partial charge on any atom is -0.376 e. The molecule has 25 heavy (non-hydrogen) atoms. The van der Waals surface area contributed by atoms with Gasteiger partial charge >= 0.3 is 0 Å². The molecule has 0 aliphatic carbocycles. The molecule has 0 fully saturated rings. The molecule has 3 N–H and O–H groups in total. The lowest BCUT2D eigenvalue weighted by Gasteiger charge is -2.10. The van der Waals surface area contributed by atoms with E-state index in [2.05, 4.69) is 22.9 Å². The normalized spacial score (nSPS) is 10.2. The van der Waals surface area contributed by atoms with Gasteiger partial charge in [0.2, 0.25) is 5.91 Å². The van der Waals surface area contributed by atoms with Crippen LogP contribution in [0.5, 0.6) is 0 Å². The van der Waals surface area contributed by atoms with Gasteiger partial charge in [-0.3, -0.25) is 9.59 Å². The summed E-state index contributed by atoms with van der Waals surface area (Å²) in [5.41, 5.74) is 3.22. The van der Waals surface area contributed by atoms with E-state index in [1.54, 1.807) is 24.3 Å². The highest BCUT2D eigenvalue weighted by atomic mass is 16.2. The summed E-state index contributed by atoms with van der Waals surface area (Å²) in [6, 6.07) is 14.8. The van der Waals surface area contributed by atoms with Crippen molar-refractivity contribution in [1.29, 1.82) is 0 Å². The minimum absolute atomic E-state index is 0.123. The van der Waals surface area contributed by atoms with Crippen LogP contribution >= 0.6 is 0 Å². The average Bonchev–Trinajstić information content (AvgIpc) is 2.61. The fourth-order valence-electron chi connectivity index (χ4n) is 2.28. The van der Waals surface area contributed by atoms with Gasteiger partial charge in [0.15, 0.2) is 0 Å². The number of hydrogen-bond donors (Lipinski definition) is 3. The summed E-state index contributed by atoms with van der Waals surface area (Å²) < 4.78 is 0. The molecule has 0 bridgehead atoms. The molecule has 0 saturated heterocycles. The van der Waals surface area contributed by atoms with Crippen LogP contribution in [0.2, 0.25) is 0 Å². The van der Waals surface area contributed by atoms with Crippen LogP contribution in [0.25, 0.3) is 0 Å². The Morgan fingerprint density at radius 1 is 1.00 bits per heavy atom. The van der Waals surface area contributed by atoms with Crippen LogP contribution in [-0.4, -0.2) is 24.9 Å². The highest BCUT2D eigenvalue weighted by molar-refractivity contribution is 5.98. The molecule has 0 aliphatic heterocycles. The maximum atomic E-state index is 12.1. The molecule has 2 aromatic carbocycles. The number of anilines is 2. The van der Waals surface area contributed by atoms with E-state index in [-0.39, 0.29) is 18.4 Å². The SMILES string of the molecule is CCCCNC(=O)c1cccc(NC(=O)CNc2ccc(C)cc2)c1. The fourth-order valence-corrected chi connectivity index (χ4v) is 2.28. The van der Waals surface area contributed by atoms with Crippen LogP contribution in [0.1, 0.15) is 35.7 Å². The van der Waals surface area contributed by atoms with Gasteiger partial charge in [-0.05, 0) is 43.7 Å². The Bertz CT molecular complexity index is 711. The molecule has 0 heterocycles. The molecule has 0 atom stereocenters. The standard InChI is InChI=1S/C20H25N3O2/c1-3-4-12-21-20(25)16-6-5-7-18(13-16)23-19(24)14-22-17-10-8-15(2)9-11-17/h5-11,13,22H,3-4,12,14H2,1-2H3,(H,21,25)(H,23,24). The van der Waals surface area contributed by atoms with E-state index in [0.29, 0.717) is 17.8 Å². The predicted molar refractivity (Wildman–Crippen MR) is 102 cm³/mol. The monoisotopic (exact) mass is 339 g/mol. The molecule has 2 rings (SSSR count). The Hall–Kier alpha value is -2.82. The maximum absolute atomic E-state index is 12.1. The molecule has 2 amide bonds. The van der Waals surface area contributed by atoms with Gasteiger partial charge in [0.1, 0.15) is 0 Å². The van der Waals surface area contributed by atoms with E-state index in [0.717, 1.165) is 18.5 Å². The summed E-state index contributed by atoms with van der Waals surface area (Å²) in [4.78, 5) is 24.1. The Kier molecular flexibility index (Phi) is 7.01. The first-order chi connectivity index (χ1) is 12.1. The van der Waals surface area contributed by atoms with Gasteiger partial charge in [0, 0.05) is 23.5 Å². The van der Waals surface area contributed by atoms with Crippen molar-refractivity contribution in [2.75, 3.05) is 23.7 Å². The van der Waals surface area contributed by atoms with Crippen molar-refractivity contribution >= 4 is 23.2 Å². The molecule has 132 valence electrons. The van der Waals surface area contributed by atoms with Crippen LogP contribution in [-0.2, 0) is 4.79 Å². The van der Waals surface area contributed by atoms with E-state index in [1.807, 2.05) is 31.2 Å². The lowest BCUT2D eigenvalue weighted by atomic mass is 10.2. The van der Waals surface area contributed by atoms with Gasteiger partial charge in [0.05, 0.1) is 6.54 Å². The van der Waals surface area contributed by atoms with Gasteiger partial charge in [-0.15, -0.1) is 0 Å². The zero-order valence-electron chi connectivity index (χ0n) is 14.8. The zero-order valence-corrected chi connectivity index (χ0v) is 14.8. The van der Waals surface area contributed by atoms with Crippen LogP contribution in [0.15, 0.2) is 48.5 Å². The van der Waals surface area contributed by atoms with Crippen molar-refractivity contribution < 1.29 is 9.59 Å². The van der Waals surface area contributed by atoms with Gasteiger partial charge < -0.3 is 16.0 Å². The molecule has 5 heteroatoms. The van der Waals surface area contributed by atoms with E-state index in [4.69, 9.17) is 0 Å². The Labute approximate surface area is 148 Å². The zero-order chi connectivity index (χ0) is 18.1. The third kappa shape index (κ3) is 6.30. The second kappa shape index (κ2) is 9.47. The first-order valence-corrected chi connectivity index (χ1v) is 8.57. The lowest BCUT2D eigenvalue weighted by Crippen LogP contribution is -2.25. The maximum Gasteiger partial charge on any atom is 0.251 e. The number of amides is 2. The number of nitrogens with one attached hydrogen (secondary N) is 3. The molecule has 2 aromatic rings. The molecule has 5 nitrogen and oxygen atoms in total. The Morgan fingerprint density at radius 3 is 2.48 bits per heavy atom. The number of unbranched alkanes of at least 4 members (excludes halogenated alkanes) is 1. The third-order valence-electron chi connectivity index (χ3n) is 3.73. The molecule has 0 aromatic heterocycles. The number of carbonyl (C=O) groups excluding carboxylic acids is 2. The molecular weight excluding hydrogens is 314 g/mol. The molecule has 0 unspecified atom stereocenters. The van der Waals surface area contributed by atoms with Crippen molar-refractivity contribution in [2.45, 2.75) is 26.7 Å². The summed E-state index contributed by atoms with van der Waals surface area (Å²) in [5, 5.41) is 8.74. The summed E-state index contributed by atoms with van der Waals surface area (Å²) >= 11 is 0. The number of aryl methyl sites for hydroxylation is 1. The largest absolute Gasteiger partial charge is 0.376 e. The Morgan fingerprint density at radius 2 is 1.76 bits per heavy atom. The number of carbonyl (C=O) groups is 2. The van der Waals surface area contributed by atoms with Crippen molar-refractivity contribution in [2.24, 2.45) is 0 Å².